The number of methoxy groups -OCH3 is 1. The maximum atomic E-state index is 12.6. The van der Waals surface area contributed by atoms with Gasteiger partial charge in [0, 0.05) is 28.2 Å². The molecule has 0 spiro atoms. The van der Waals surface area contributed by atoms with Crippen LogP contribution in [0.25, 0.3) is 21.5 Å². The third kappa shape index (κ3) is 10.6. The molecular formula is C36H27ClN10O18S5. The molecule has 0 aliphatic rings. The normalized spacial score (nSPS) is 12.8. The first-order valence-corrected chi connectivity index (χ1v) is 25.9. The fourth-order valence-electron chi connectivity index (χ4n) is 6.44. The molecule has 0 aliphatic carbocycles. The highest BCUT2D eigenvalue weighted by molar-refractivity contribution is 7.87. The first-order chi connectivity index (χ1) is 32.4. The molecule has 7 rings (SSSR count). The Kier molecular flexibility index (Phi) is 13.2. The van der Waals surface area contributed by atoms with Gasteiger partial charge in [0.2, 0.25) is 17.2 Å². The molecule has 0 amide bonds. The van der Waals surface area contributed by atoms with E-state index in [1.54, 1.807) is 0 Å². The summed E-state index contributed by atoms with van der Waals surface area (Å²) < 4.78 is 178. The minimum absolute atomic E-state index is 0.00903. The molecule has 70 heavy (non-hydrogen) atoms. The lowest BCUT2D eigenvalue weighted by molar-refractivity contribution is 0.412. The summed E-state index contributed by atoms with van der Waals surface area (Å²) in [5.74, 6) is -3.03. The number of phenols is 2. The summed E-state index contributed by atoms with van der Waals surface area (Å²) in [6.45, 7) is 0. The second kappa shape index (κ2) is 18.2. The number of hydrogen-bond acceptors (Lipinski definition) is 23. The van der Waals surface area contributed by atoms with Crippen LogP contribution in [0.2, 0.25) is 5.28 Å². The van der Waals surface area contributed by atoms with Crippen LogP contribution in [-0.2, 0) is 50.6 Å². The lowest BCUT2D eigenvalue weighted by atomic mass is 10.1. The van der Waals surface area contributed by atoms with Crippen molar-refractivity contribution in [2.75, 3.05) is 23.5 Å². The number of aromatic hydroxyl groups is 2. The van der Waals surface area contributed by atoms with Crippen molar-refractivity contribution in [1.29, 1.82) is 0 Å². The van der Waals surface area contributed by atoms with E-state index in [0.717, 1.165) is 48.5 Å². The minimum atomic E-state index is -5.48. The zero-order chi connectivity index (χ0) is 51.5. The smallest absolute Gasteiger partial charge is 0.296 e. The van der Waals surface area contributed by atoms with Crippen molar-refractivity contribution in [3.05, 3.63) is 84.1 Å². The number of nitrogens with one attached hydrogen (secondary N) is 2. The van der Waals surface area contributed by atoms with Gasteiger partial charge < -0.3 is 31.3 Å². The van der Waals surface area contributed by atoms with Crippen molar-refractivity contribution in [1.82, 2.24) is 15.0 Å². The molecule has 1 heterocycles. The van der Waals surface area contributed by atoms with Crippen molar-refractivity contribution in [3.8, 4) is 17.2 Å². The van der Waals surface area contributed by atoms with Crippen LogP contribution in [0.4, 0.5) is 51.7 Å². The standard InChI is InChI=1S/C36H27ClN10O18S5/c1-65-18-4-6-21(26(13-18)68(56,57)58)44-46-30-27(69(59,60)61)11-15-10-17(3-5-19(15)32(30)48)39-35-41-34(37)42-36(43-35)40-22-7-9-24(66(50,51)52)20-14-28(70(62,63)64)31(33(49)29(20)22)47-45-23-12-16(38)2-8-25(23)67(53,54)55/h2-14,48-49H,38H2,1H3,(H,50,51,52)(H,53,54,55)(H,56,57,58)(H,59,60,61)(H,62,63,64)(H2,39,40,41,42,43). The number of azo groups is 2. The summed E-state index contributed by atoms with van der Waals surface area (Å²) >= 11 is 6.20. The number of anilines is 5. The first-order valence-electron chi connectivity index (χ1n) is 18.3. The van der Waals surface area contributed by atoms with Crippen LogP contribution in [0.1, 0.15) is 0 Å². The molecule has 1 aromatic heterocycles. The van der Waals surface area contributed by atoms with E-state index in [9.17, 15) is 75.1 Å². The second-order valence-electron chi connectivity index (χ2n) is 14.0. The number of nitrogen functional groups attached to an aromatic ring is 1. The maximum Gasteiger partial charge on any atom is 0.296 e. The molecule has 34 heteroatoms. The Bertz CT molecular complexity index is 4030. The second-order valence-corrected chi connectivity index (χ2v) is 21.2. The van der Waals surface area contributed by atoms with Crippen molar-refractivity contribution in [3.63, 3.8) is 0 Å². The number of nitrogens with zero attached hydrogens (tertiary/aromatic N) is 7. The van der Waals surface area contributed by atoms with E-state index >= 15 is 0 Å². The molecule has 0 saturated heterocycles. The number of benzene rings is 6. The lowest BCUT2D eigenvalue weighted by Gasteiger charge is -2.16. The fraction of sp³-hybridized carbons (Fsp3) is 0.0278. The van der Waals surface area contributed by atoms with Crippen LogP contribution in [0, 0.1) is 0 Å². The zero-order valence-electron chi connectivity index (χ0n) is 34.3. The number of fused-ring (bicyclic) bond motifs is 2. The molecule has 0 radical (unpaired) electrons. The van der Waals surface area contributed by atoms with E-state index in [4.69, 9.17) is 22.1 Å². The Hall–Kier alpha value is -7.31. The van der Waals surface area contributed by atoms with Gasteiger partial charge in [-0.15, -0.1) is 20.5 Å². The van der Waals surface area contributed by atoms with Crippen LogP contribution in [0.5, 0.6) is 17.2 Å². The molecule has 0 unspecified atom stereocenters. The van der Waals surface area contributed by atoms with Gasteiger partial charge in [-0.1, -0.05) is 0 Å². The Morgan fingerprint density at radius 1 is 0.543 bits per heavy atom. The van der Waals surface area contributed by atoms with Crippen molar-refractivity contribution < 1.29 is 79.8 Å². The van der Waals surface area contributed by atoms with Gasteiger partial charge in [-0.25, -0.2) is 0 Å². The largest absolute Gasteiger partial charge is 0.505 e. The summed E-state index contributed by atoms with van der Waals surface area (Å²) in [5.41, 5.74) is 2.06. The van der Waals surface area contributed by atoms with Gasteiger partial charge in [0.1, 0.15) is 53.0 Å². The number of aromatic nitrogens is 3. The van der Waals surface area contributed by atoms with Crippen molar-refractivity contribution >= 4 is 135 Å². The van der Waals surface area contributed by atoms with Gasteiger partial charge in [-0.05, 0) is 89.8 Å². The van der Waals surface area contributed by atoms with Crippen molar-refractivity contribution in [2.24, 2.45) is 20.5 Å². The number of ether oxygens (including phenoxy) is 1. The van der Waals surface area contributed by atoms with Crippen LogP contribution in [0.15, 0.2) is 124 Å². The molecule has 0 atom stereocenters. The fourth-order valence-corrected chi connectivity index (χ4v) is 9.83. The van der Waals surface area contributed by atoms with Crippen LogP contribution in [-0.4, -0.2) is 97.1 Å². The molecule has 11 N–H and O–H groups in total. The highest BCUT2D eigenvalue weighted by Crippen LogP contribution is 2.47. The summed E-state index contributed by atoms with van der Waals surface area (Å²) in [7, 11) is -24.7. The summed E-state index contributed by atoms with van der Waals surface area (Å²) in [6, 6.07) is 12.7. The topological polar surface area (TPSA) is 460 Å². The van der Waals surface area contributed by atoms with E-state index in [1.165, 1.54) is 31.4 Å². The average molecular weight is 1080 g/mol. The van der Waals surface area contributed by atoms with E-state index in [2.05, 4.69) is 46.0 Å². The molecule has 7 aromatic rings. The highest BCUT2D eigenvalue weighted by atomic mass is 35.5. The average Bonchev–Trinajstić information content (AvgIpc) is 3.23. The summed E-state index contributed by atoms with van der Waals surface area (Å²) in [6.07, 6.45) is 0. The summed E-state index contributed by atoms with van der Waals surface area (Å²) in [4.78, 5) is 7.01. The van der Waals surface area contributed by atoms with Crippen molar-refractivity contribution in [2.45, 2.75) is 24.5 Å². The minimum Gasteiger partial charge on any atom is -0.505 e. The Morgan fingerprint density at radius 3 is 1.70 bits per heavy atom. The molecule has 6 aromatic carbocycles. The maximum absolute atomic E-state index is 12.6. The predicted molar refractivity (Wildman–Crippen MR) is 244 cm³/mol. The summed E-state index contributed by atoms with van der Waals surface area (Å²) in [5, 5.41) is 40.5. The monoisotopic (exact) mass is 1080 g/mol. The van der Waals surface area contributed by atoms with E-state index in [0.29, 0.717) is 6.07 Å². The molecule has 28 nitrogen and oxygen atoms in total. The van der Waals surface area contributed by atoms with E-state index in [-0.39, 0.29) is 39.5 Å². The number of phenolic OH excluding ortho intramolecular Hbond substituents is 2. The quantitative estimate of drug-likeness (QED) is 0.0320. The molecule has 0 bridgehead atoms. The number of rotatable bonds is 14. The van der Waals surface area contributed by atoms with Gasteiger partial charge in [0.25, 0.3) is 50.6 Å². The molecule has 0 fully saturated rings. The van der Waals surface area contributed by atoms with Crippen LogP contribution in [0.3, 0.4) is 0 Å². The van der Waals surface area contributed by atoms with E-state index < -0.39 is 131 Å². The molecular weight excluding hydrogens is 1060 g/mol. The molecule has 0 aliphatic heterocycles. The number of nitrogens with two attached hydrogens (primary N) is 1. The Balaban J connectivity index is 1.30. The molecule has 366 valence electrons. The van der Waals surface area contributed by atoms with Gasteiger partial charge >= 0.3 is 0 Å². The SMILES string of the molecule is COc1ccc(N=Nc2c(S(=O)(=O)O)cc3cc(Nc4nc(Cl)nc(Nc5ccc(S(=O)(=O)O)c6cc(S(=O)(=O)O)c(N=Nc7cc(N)ccc7S(=O)(=O)O)c(O)c56)n4)ccc3c2O)c(S(=O)(=O)O)c1. The van der Waals surface area contributed by atoms with Gasteiger partial charge in [-0.3, -0.25) is 22.8 Å². The Morgan fingerprint density at radius 2 is 1.10 bits per heavy atom. The highest BCUT2D eigenvalue weighted by Gasteiger charge is 2.29. The van der Waals surface area contributed by atoms with Gasteiger partial charge in [0.05, 0.1) is 18.2 Å². The van der Waals surface area contributed by atoms with Gasteiger partial charge in [0.15, 0.2) is 11.5 Å². The van der Waals surface area contributed by atoms with E-state index in [1.807, 2.05) is 0 Å². The third-order valence-electron chi connectivity index (χ3n) is 9.39. The lowest BCUT2D eigenvalue weighted by Crippen LogP contribution is -2.06. The van der Waals surface area contributed by atoms with Crippen LogP contribution < -0.4 is 21.1 Å². The molecule has 0 saturated carbocycles. The zero-order valence-corrected chi connectivity index (χ0v) is 39.1. The predicted octanol–water partition coefficient (Wildman–Crippen LogP) is 6.38. The third-order valence-corrected chi connectivity index (χ3v) is 14.0. The van der Waals surface area contributed by atoms with Crippen LogP contribution >= 0.6 is 11.6 Å². The van der Waals surface area contributed by atoms with Gasteiger partial charge in [-0.2, -0.15) is 57.0 Å². The first kappa shape index (κ1) is 50.6. The Labute approximate surface area is 398 Å². The number of hydrogen-bond donors (Lipinski definition) is 10. The number of halogens is 1.